The van der Waals surface area contributed by atoms with Crippen molar-refractivity contribution in [2.75, 3.05) is 13.2 Å². The standard InChI is InChI=1S/C74H132O6/c1-4-7-10-13-16-19-22-25-27-28-29-30-31-32-33-34-35-36-37-38-39-40-41-42-43-44-45-47-49-52-55-58-61-64-67-73(76)79-70-71(69-78-72(75)66-63-60-57-54-51-48-24-21-18-15-12-9-6-3)80-74(77)68-65-62-59-56-53-50-46-26-23-20-17-14-11-8-5-2/h9,12,17-18,20-21,26,46,48,51,57,60,71H,4-8,10-11,13-16,19,22-25,27-45,47,49-50,52-56,58-59,61-70H2,1-3H3/b12-9-,20-17-,21-18-,46-26-,51-48-,60-57-. The number of carbonyl (C=O) groups excluding carboxylic acids is 3. The zero-order chi connectivity index (χ0) is 57.8. The van der Waals surface area contributed by atoms with Gasteiger partial charge in [-0.2, -0.15) is 0 Å². The van der Waals surface area contributed by atoms with Crippen LogP contribution in [0.5, 0.6) is 0 Å². The number of rotatable bonds is 64. The van der Waals surface area contributed by atoms with Gasteiger partial charge in [0, 0.05) is 19.3 Å². The van der Waals surface area contributed by atoms with Crippen LogP contribution in [0.1, 0.15) is 361 Å². The summed E-state index contributed by atoms with van der Waals surface area (Å²) in [7, 11) is 0. The van der Waals surface area contributed by atoms with Crippen molar-refractivity contribution in [2.24, 2.45) is 0 Å². The predicted octanol–water partition coefficient (Wildman–Crippen LogP) is 24.1. The normalized spacial score (nSPS) is 12.5. The van der Waals surface area contributed by atoms with E-state index in [1.54, 1.807) is 0 Å². The van der Waals surface area contributed by atoms with Crippen LogP contribution in [0.3, 0.4) is 0 Å². The Morgan fingerprint density at radius 1 is 0.263 bits per heavy atom. The summed E-state index contributed by atoms with van der Waals surface area (Å²) in [5, 5.41) is 0. The lowest BCUT2D eigenvalue weighted by atomic mass is 10.0. The molecule has 0 aromatic carbocycles. The average molecular weight is 1120 g/mol. The quantitative estimate of drug-likeness (QED) is 0.0261. The van der Waals surface area contributed by atoms with Gasteiger partial charge in [0.05, 0.1) is 0 Å². The Hall–Kier alpha value is -3.15. The van der Waals surface area contributed by atoms with Crippen molar-refractivity contribution in [3.63, 3.8) is 0 Å². The van der Waals surface area contributed by atoms with Gasteiger partial charge in [0.15, 0.2) is 6.10 Å². The molecule has 0 saturated carbocycles. The first-order chi connectivity index (χ1) is 39.5. The minimum absolute atomic E-state index is 0.101. The molecule has 0 spiro atoms. The summed E-state index contributed by atoms with van der Waals surface area (Å²) >= 11 is 0. The second kappa shape index (κ2) is 68.3. The van der Waals surface area contributed by atoms with E-state index in [-0.39, 0.29) is 37.5 Å². The summed E-state index contributed by atoms with van der Waals surface area (Å²) in [6.07, 6.45) is 89.8. The van der Waals surface area contributed by atoms with Crippen molar-refractivity contribution in [2.45, 2.75) is 367 Å². The molecule has 1 unspecified atom stereocenters. The van der Waals surface area contributed by atoms with Crippen LogP contribution in [0.4, 0.5) is 0 Å². The van der Waals surface area contributed by atoms with Crippen LogP contribution in [0.2, 0.25) is 0 Å². The summed E-state index contributed by atoms with van der Waals surface area (Å²) in [6.45, 7) is 6.47. The zero-order valence-corrected chi connectivity index (χ0v) is 53.3. The maximum absolute atomic E-state index is 12.9. The van der Waals surface area contributed by atoms with Gasteiger partial charge in [-0.15, -0.1) is 0 Å². The van der Waals surface area contributed by atoms with Gasteiger partial charge < -0.3 is 14.2 Å². The third-order valence-electron chi connectivity index (χ3n) is 15.5. The smallest absolute Gasteiger partial charge is 0.306 e. The maximum atomic E-state index is 12.9. The number of ether oxygens (including phenoxy) is 3. The first-order valence-electron chi connectivity index (χ1n) is 34.9. The van der Waals surface area contributed by atoms with E-state index in [0.717, 1.165) is 89.9 Å². The molecule has 0 rings (SSSR count). The van der Waals surface area contributed by atoms with E-state index in [1.165, 1.54) is 225 Å². The highest BCUT2D eigenvalue weighted by Crippen LogP contribution is 2.18. The molecule has 0 aromatic rings. The number of hydrogen-bond donors (Lipinski definition) is 0. The van der Waals surface area contributed by atoms with Crippen molar-refractivity contribution < 1.29 is 28.6 Å². The molecule has 0 bridgehead atoms. The third kappa shape index (κ3) is 65.7. The molecule has 0 aliphatic rings. The van der Waals surface area contributed by atoms with Crippen LogP contribution in [0, 0.1) is 0 Å². The Balaban J connectivity index is 4.11. The van der Waals surface area contributed by atoms with Gasteiger partial charge in [0.1, 0.15) is 13.2 Å². The lowest BCUT2D eigenvalue weighted by Gasteiger charge is -2.18. The van der Waals surface area contributed by atoms with E-state index in [9.17, 15) is 14.4 Å². The molecule has 0 saturated heterocycles. The van der Waals surface area contributed by atoms with Gasteiger partial charge in [0.2, 0.25) is 0 Å². The van der Waals surface area contributed by atoms with E-state index in [0.29, 0.717) is 19.3 Å². The molecule has 80 heavy (non-hydrogen) atoms. The molecule has 0 fully saturated rings. The van der Waals surface area contributed by atoms with Gasteiger partial charge in [-0.1, -0.05) is 338 Å². The van der Waals surface area contributed by atoms with Gasteiger partial charge in [-0.3, -0.25) is 14.4 Å². The number of allylic oxidation sites excluding steroid dienone is 12. The second-order valence-corrected chi connectivity index (χ2v) is 23.4. The number of unbranched alkanes of at least 4 members (excludes halogenated alkanes) is 41. The molecule has 0 N–H and O–H groups in total. The largest absolute Gasteiger partial charge is 0.462 e. The van der Waals surface area contributed by atoms with E-state index in [2.05, 4.69) is 87.6 Å². The summed E-state index contributed by atoms with van der Waals surface area (Å²) in [4.78, 5) is 38.2. The summed E-state index contributed by atoms with van der Waals surface area (Å²) < 4.78 is 16.8. The van der Waals surface area contributed by atoms with Crippen molar-refractivity contribution in [3.8, 4) is 0 Å². The molecule has 1 atom stereocenters. The number of carbonyl (C=O) groups is 3. The topological polar surface area (TPSA) is 78.9 Å². The SMILES string of the molecule is CC/C=C\C/C=C\C/C=C\C/C=C\CCC(=O)OCC(COC(=O)CCCCCCCCCCCCCCCCCCCCCCCCCCCCCCCCCCCC)OC(=O)CCCCCCC/C=C\C/C=C\CCCCC. The van der Waals surface area contributed by atoms with Crippen LogP contribution in [-0.2, 0) is 28.6 Å². The van der Waals surface area contributed by atoms with Crippen LogP contribution < -0.4 is 0 Å². The van der Waals surface area contributed by atoms with E-state index >= 15 is 0 Å². The van der Waals surface area contributed by atoms with Crippen molar-refractivity contribution >= 4 is 17.9 Å². The first kappa shape index (κ1) is 76.9. The van der Waals surface area contributed by atoms with Crippen LogP contribution >= 0.6 is 0 Å². The second-order valence-electron chi connectivity index (χ2n) is 23.4. The lowest BCUT2D eigenvalue weighted by molar-refractivity contribution is -0.166. The maximum Gasteiger partial charge on any atom is 0.306 e. The molecule has 6 heteroatoms. The molecule has 0 aliphatic heterocycles. The fraction of sp³-hybridized carbons (Fsp3) is 0.797. The Kier molecular flexibility index (Phi) is 65.7. The Bertz CT molecular complexity index is 1470. The number of esters is 3. The van der Waals surface area contributed by atoms with Crippen LogP contribution in [0.25, 0.3) is 0 Å². The van der Waals surface area contributed by atoms with E-state index in [4.69, 9.17) is 14.2 Å². The lowest BCUT2D eigenvalue weighted by Crippen LogP contribution is -2.30. The average Bonchev–Trinajstić information content (AvgIpc) is 3.46. The minimum Gasteiger partial charge on any atom is -0.462 e. The third-order valence-corrected chi connectivity index (χ3v) is 15.5. The molecule has 0 heterocycles. The Morgan fingerprint density at radius 3 is 0.863 bits per heavy atom. The van der Waals surface area contributed by atoms with E-state index in [1.807, 2.05) is 6.08 Å². The Morgan fingerprint density at radius 2 is 0.512 bits per heavy atom. The van der Waals surface area contributed by atoms with E-state index < -0.39 is 6.10 Å². The summed E-state index contributed by atoms with van der Waals surface area (Å²) in [5.74, 6) is -0.985. The summed E-state index contributed by atoms with van der Waals surface area (Å²) in [6, 6.07) is 0. The predicted molar refractivity (Wildman–Crippen MR) is 348 cm³/mol. The van der Waals surface area contributed by atoms with Gasteiger partial charge in [-0.25, -0.2) is 0 Å². The van der Waals surface area contributed by atoms with Crippen molar-refractivity contribution in [1.29, 1.82) is 0 Å². The fourth-order valence-electron chi connectivity index (χ4n) is 10.3. The summed E-state index contributed by atoms with van der Waals surface area (Å²) in [5.41, 5.74) is 0. The molecular formula is C74H132O6. The monoisotopic (exact) mass is 1120 g/mol. The van der Waals surface area contributed by atoms with Crippen molar-refractivity contribution in [3.05, 3.63) is 72.9 Å². The molecule has 0 aromatic heterocycles. The highest BCUT2D eigenvalue weighted by atomic mass is 16.6. The van der Waals surface area contributed by atoms with Crippen LogP contribution in [-0.4, -0.2) is 37.2 Å². The van der Waals surface area contributed by atoms with Gasteiger partial charge >= 0.3 is 17.9 Å². The fourth-order valence-corrected chi connectivity index (χ4v) is 10.3. The number of hydrogen-bond acceptors (Lipinski definition) is 6. The van der Waals surface area contributed by atoms with Gasteiger partial charge in [0.25, 0.3) is 0 Å². The highest BCUT2D eigenvalue weighted by Gasteiger charge is 2.19. The highest BCUT2D eigenvalue weighted by molar-refractivity contribution is 5.71. The van der Waals surface area contributed by atoms with Gasteiger partial charge in [-0.05, 0) is 77.0 Å². The Labute approximate surface area is 497 Å². The van der Waals surface area contributed by atoms with Crippen LogP contribution in [0.15, 0.2) is 72.9 Å². The first-order valence-corrected chi connectivity index (χ1v) is 34.9. The molecule has 0 amide bonds. The molecular weight excluding hydrogens is 985 g/mol. The molecule has 0 aliphatic carbocycles. The molecule has 0 radical (unpaired) electrons. The minimum atomic E-state index is -0.811. The zero-order valence-electron chi connectivity index (χ0n) is 53.3. The molecule has 6 nitrogen and oxygen atoms in total. The van der Waals surface area contributed by atoms with Crippen molar-refractivity contribution in [1.82, 2.24) is 0 Å². The molecule has 464 valence electrons.